The highest BCUT2D eigenvalue weighted by Crippen LogP contribution is 2.15. The van der Waals surface area contributed by atoms with Crippen LogP contribution in [0.2, 0.25) is 0 Å². The Kier molecular flexibility index (Phi) is 9.77. The smallest absolute Gasteiger partial charge is 0.123 e. The van der Waals surface area contributed by atoms with Crippen molar-refractivity contribution in [2.45, 2.75) is 69.8 Å². The molecule has 1 aromatic carbocycles. The minimum atomic E-state index is -1.36. The van der Waals surface area contributed by atoms with Crippen LogP contribution in [0.1, 0.15) is 37.3 Å². The number of hydrogen-bond acceptors (Lipinski definition) is 6. The van der Waals surface area contributed by atoms with Crippen molar-refractivity contribution < 1.29 is 29.6 Å². The Balaban J connectivity index is 1.59. The molecule has 2 rings (SSSR count). The Morgan fingerprint density at radius 2 is 1.57 bits per heavy atom. The molecule has 1 aromatic rings. The number of rotatable bonds is 10. The van der Waals surface area contributed by atoms with Gasteiger partial charge >= 0.3 is 0 Å². The van der Waals surface area contributed by atoms with E-state index in [0.717, 1.165) is 12.0 Å². The maximum atomic E-state index is 14.0. The number of benzene rings is 1. The fourth-order valence-corrected chi connectivity index (χ4v) is 3.42. The Morgan fingerprint density at radius 3 is 2.14 bits per heavy atom. The first-order chi connectivity index (χ1) is 13.4. The predicted octanol–water partition coefficient (Wildman–Crippen LogP) is 1.03. The molecular formula is C21H34FNO5. The number of hydrogen-bond donors (Lipinski definition) is 4. The Morgan fingerprint density at radius 1 is 1.00 bits per heavy atom. The van der Waals surface area contributed by atoms with Crippen LogP contribution in [0.4, 0.5) is 4.39 Å². The van der Waals surface area contributed by atoms with Gasteiger partial charge in [0.1, 0.15) is 18.4 Å². The minimum absolute atomic E-state index is 0.0645. The van der Waals surface area contributed by atoms with E-state index in [1.165, 1.54) is 5.56 Å². The molecule has 1 fully saturated rings. The summed E-state index contributed by atoms with van der Waals surface area (Å²) in [6.07, 6.45) is -3.23. The SMILES string of the molecule is CCc1ccc(COC[C@@H](F)CCCCN2C[C@H](O)[C@@H](O)[C@H](O)[C@@H](O)C2)cc1. The van der Waals surface area contributed by atoms with Gasteiger partial charge in [-0.05, 0) is 43.4 Å². The van der Waals surface area contributed by atoms with E-state index in [9.17, 15) is 24.8 Å². The summed E-state index contributed by atoms with van der Waals surface area (Å²) in [7, 11) is 0. The second-order valence-electron chi connectivity index (χ2n) is 7.65. The quantitative estimate of drug-likeness (QED) is 0.439. The molecule has 0 unspecified atom stereocenters. The van der Waals surface area contributed by atoms with Gasteiger partial charge in [0, 0.05) is 13.1 Å². The first-order valence-electron chi connectivity index (χ1n) is 10.1. The zero-order chi connectivity index (χ0) is 20.5. The summed E-state index contributed by atoms with van der Waals surface area (Å²) < 4.78 is 19.5. The summed E-state index contributed by atoms with van der Waals surface area (Å²) in [5, 5.41) is 39.1. The Bertz CT molecular complexity index is 542. The summed E-state index contributed by atoms with van der Waals surface area (Å²) in [4.78, 5) is 1.79. The van der Waals surface area contributed by atoms with Gasteiger partial charge in [-0.1, -0.05) is 31.2 Å². The van der Waals surface area contributed by atoms with Gasteiger partial charge in [-0.15, -0.1) is 0 Å². The van der Waals surface area contributed by atoms with Gasteiger partial charge < -0.3 is 25.2 Å². The summed E-state index contributed by atoms with van der Waals surface area (Å²) in [5.41, 5.74) is 2.30. The highest BCUT2D eigenvalue weighted by molar-refractivity contribution is 5.21. The van der Waals surface area contributed by atoms with Crippen LogP contribution in [0, 0.1) is 0 Å². The fourth-order valence-electron chi connectivity index (χ4n) is 3.42. The van der Waals surface area contributed by atoms with E-state index < -0.39 is 30.6 Å². The number of nitrogens with zero attached hydrogens (tertiary/aromatic N) is 1. The zero-order valence-electron chi connectivity index (χ0n) is 16.6. The van der Waals surface area contributed by atoms with E-state index in [0.29, 0.717) is 32.4 Å². The second kappa shape index (κ2) is 11.8. The largest absolute Gasteiger partial charge is 0.389 e. The number of aryl methyl sites for hydroxylation is 1. The summed E-state index contributed by atoms with van der Waals surface area (Å²) in [5.74, 6) is 0. The van der Waals surface area contributed by atoms with Gasteiger partial charge in [0.05, 0.1) is 25.4 Å². The van der Waals surface area contributed by atoms with Crippen LogP contribution >= 0.6 is 0 Å². The Labute approximate surface area is 166 Å². The molecule has 0 radical (unpaired) electrons. The number of halogens is 1. The van der Waals surface area contributed by atoms with Crippen molar-refractivity contribution in [2.75, 3.05) is 26.2 Å². The lowest BCUT2D eigenvalue weighted by Gasteiger charge is -2.23. The molecule has 0 aliphatic carbocycles. The van der Waals surface area contributed by atoms with E-state index in [1.54, 1.807) is 4.90 Å². The van der Waals surface area contributed by atoms with Crippen molar-refractivity contribution in [2.24, 2.45) is 0 Å². The van der Waals surface area contributed by atoms with Crippen molar-refractivity contribution in [1.29, 1.82) is 0 Å². The third-order valence-electron chi connectivity index (χ3n) is 5.27. The number of ether oxygens (including phenoxy) is 1. The van der Waals surface area contributed by atoms with Crippen LogP contribution < -0.4 is 0 Å². The molecule has 28 heavy (non-hydrogen) atoms. The van der Waals surface area contributed by atoms with Gasteiger partial charge in [0.2, 0.25) is 0 Å². The standard InChI is InChI=1S/C21H34FNO5/c1-2-15-6-8-16(9-7-15)13-28-14-17(22)5-3-4-10-23-11-18(24)20(26)21(27)19(25)12-23/h6-9,17-21,24-27H,2-5,10-14H2,1H3/t17-,18-,19-,20+,21+/m0/s1. The number of unbranched alkanes of at least 4 members (excludes halogenated alkanes) is 1. The van der Waals surface area contributed by atoms with Gasteiger partial charge in [-0.25, -0.2) is 4.39 Å². The van der Waals surface area contributed by atoms with Crippen molar-refractivity contribution in [3.8, 4) is 0 Å². The number of alkyl halides is 1. The molecule has 0 aromatic heterocycles. The lowest BCUT2D eigenvalue weighted by atomic mass is 10.1. The first kappa shape index (κ1) is 23.2. The molecular weight excluding hydrogens is 365 g/mol. The maximum absolute atomic E-state index is 14.0. The zero-order valence-corrected chi connectivity index (χ0v) is 16.6. The van der Waals surface area contributed by atoms with Crippen LogP contribution in [-0.2, 0) is 17.8 Å². The van der Waals surface area contributed by atoms with Crippen LogP contribution in [0.15, 0.2) is 24.3 Å². The third kappa shape index (κ3) is 7.39. The average molecular weight is 400 g/mol. The first-order valence-corrected chi connectivity index (χ1v) is 10.1. The molecule has 1 aliphatic rings. The summed E-state index contributed by atoms with van der Waals surface area (Å²) in [6, 6.07) is 8.12. The van der Waals surface area contributed by atoms with Gasteiger partial charge in [-0.3, -0.25) is 4.90 Å². The molecule has 160 valence electrons. The van der Waals surface area contributed by atoms with E-state index >= 15 is 0 Å². The van der Waals surface area contributed by atoms with Crippen LogP contribution in [0.25, 0.3) is 0 Å². The number of aliphatic hydroxyl groups excluding tert-OH is 4. The monoisotopic (exact) mass is 399 g/mol. The lowest BCUT2D eigenvalue weighted by Crippen LogP contribution is -2.43. The molecule has 0 spiro atoms. The Hall–Kier alpha value is -1.09. The molecule has 0 bridgehead atoms. The molecule has 1 heterocycles. The van der Waals surface area contributed by atoms with Gasteiger partial charge in [0.15, 0.2) is 0 Å². The maximum Gasteiger partial charge on any atom is 0.123 e. The second-order valence-corrected chi connectivity index (χ2v) is 7.65. The van der Waals surface area contributed by atoms with E-state index in [4.69, 9.17) is 4.74 Å². The molecule has 1 saturated heterocycles. The molecule has 0 saturated carbocycles. The molecule has 1 aliphatic heterocycles. The minimum Gasteiger partial charge on any atom is -0.389 e. The van der Waals surface area contributed by atoms with E-state index in [2.05, 4.69) is 19.1 Å². The van der Waals surface area contributed by atoms with Gasteiger partial charge in [-0.2, -0.15) is 0 Å². The van der Waals surface area contributed by atoms with Crippen LogP contribution in [0.3, 0.4) is 0 Å². The number of aliphatic hydroxyl groups is 4. The van der Waals surface area contributed by atoms with Crippen LogP contribution in [-0.4, -0.2) is 82.2 Å². The summed E-state index contributed by atoms with van der Waals surface area (Å²) in [6.45, 7) is 3.48. The lowest BCUT2D eigenvalue weighted by molar-refractivity contribution is -0.0894. The van der Waals surface area contributed by atoms with Crippen molar-refractivity contribution in [3.05, 3.63) is 35.4 Å². The van der Waals surface area contributed by atoms with E-state index in [1.807, 2.05) is 12.1 Å². The van der Waals surface area contributed by atoms with Crippen LogP contribution in [0.5, 0.6) is 0 Å². The molecule has 0 amide bonds. The molecule has 7 heteroatoms. The molecule has 4 N–H and O–H groups in total. The highest BCUT2D eigenvalue weighted by Gasteiger charge is 2.35. The average Bonchev–Trinajstić information content (AvgIpc) is 2.78. The van der Waals surface area contributed by atoms with Crippen molar-refractivity contribution in [3.63, 3.8) is 0 Å². The molecule has 5 atom stereocenters. The van der Waals surface area contributed by atoms with Gasteiger partial charge in [0.25, 0.3) is 0 Å². The number of β-amino-alcohol motifs (C(OH)–C–C–N with tert-alkyl or cyclic N) is 2. The predicted molar refractivity (Wildman–Crippen MR) is 105 cm³/mol. The fraction of sp³-hybridized carbons (Fsp3) is 0.714. The normalized spacial score (nSPS) is 27.5. The topological polar surface area (TPSA) is 93.4 Å². The highest BCUT2D eigenvalue weighted by atomic mass is 19.1. The third-order valence-corrected chi connectivity index (χ3v) is 5.27. The molecule has 6 nitrogen and oxygen atoms in total. The van der Waals surface area contributed by atoms with Crippen molar-refractivity contribution >= 4 is 0 Å². The summed E-state index contributed by atoms with van der Waals surface area (Å²) >= 11 is 0. The van der Waals surface area contributed by atoms with E-state index in [-0.39, 0.29) is 19.7 Å². The van der Waals surface area contributed by atoms with Crippen molar-refractivity contribution in [1.82, 2.24) is 4.90 Å². The number of likely N-dealkylation sites (tertiary alicyclic amines) is 1.